The van der Waals surface area contributed by atoms with Crippen LogP contribution < -0.4 is 10.5 Å². The van der Waals surface area contributed by atoms with Crippen molar-refractivity contribution < 1.29 is 4.74 Å². The van der Waals surface area contributed by atoms with Crippen LogP contribution in [0, 0.1) is 0 Å². The van der Waals surface area contributed by atoms with E-state index < -0.39 is 0 Å². The minimum Gasteiger partial charge on any atom is -0.492 e. The Morgan fingerprint density at radius 2 is 1.79 bits per heavy atom. The topological polar surface area (TPSA) is 66.0 Å². The number of fused-ring (bicyclic) bond motifs is 1. The monoisotopic (exact) mass is 254 g/mol. The Bertz CT molecular complexity index is 706. The molecule has 5 nitrogen and oxygen atoms in total. The molecule has 96 valence electrons. The standard InChI is InChI=1S/C14H14N4O/c1-2-19-14-9-13-12(8-11(14)15)16-18(17-13)10-6-4-3-5-7-10/h3-9H,2,15H2,1H3. The Balaban J connectivity index is 2.11. The van der Waals surface area contributed by atoms with Gasteiger partial charge in [0.1, 0.15) is 16.8 Å². The second-order valence-electron chi connectivity index (χ2n) is 4.14. The molecule has 1 aromatic heterocycles. The molecule has 0 unspecified atom stereocenters. The summed E-state index contributed by atoms with van der Waals surface area (Å²) < 4.78 is 5.46. The molecule has 3 rings (SSSR count). The van der Waals surface area contributed by atoms with Crippen molar-refractivity contribution in [2.24, 2.45) is 0 Å². The van der Waals surface area contributed by atoms with Crippen molar-refractivity contribution in [3.8, 4) is 11.4 Å². The maximum atomic E-state index is 5.92. The molecule has 1 heterocycles. The summed E-state index contributed by atoms with van der Waals surface area (Å²) in [5, 5.41) is 8.85. The molecule has 0 bridgehead atoms. The zero-order valence-electron chi connectivity index (χ0n) is 10.6. The lowest BCUT2D eigenvalue weighted by molar-refractivity contribution is 0.342. The second-order valence-corrected chi connectivity index (χ2v) is 4.14. The van der Waals surface area contributed by atoms with Gasteiger partial charge in [-0.05, 0) is 25.1 Å². The number of ether oxygens (including phenoxy) is 1. The van der Waals surface area contributed by atoms with Gasteiger partial charge in [-0.25, -0.2) is 0 Å². The molecule has 2 aromatic carbocycles. The molecule has 0 radical (unpaired) electrons. The molecule has 0 saturated carbocycles. The minimum absolute atomic E-state index is 0.572. The van der Waals surface area contributed by atoms with E-state index >= 15 is 0 Å². The van der Waals surface area contributed by atoms with Crippen molar-refractivity contribution >= 4 is 16.7 Å². The quantitative estimate of drug-likeness (QED) is 0.729. The van der Waals surface area contributed by atoms with E-state index in [9.17, 15) is 0 Å². The first kappa shape index (κ1) is 11.5. The number of aromatic nitrogens is 3. The Morgan fingerprint density at radius 3 is 2.47 bits per heavy atom. The van der Waals surface area contributed by atoms with Crippen molar-refractivity contribution in [3.63, 3.8) is 0 Å². The van der Waals surface area contributed by atoms with E-state index in [1.165, 1.54) is 0 Å². The number of rotatable bonds is 3. The molecule has 5 heteroatoms. The van der Waals surface area contributed by atoms with Gasteiger partial charge in [0, 0.05) is 6.07 Å². The first-order valence-corrected chi connectivity index (χ1v) is 6.12. The molecule has 3 aromatic rings. The van der Waals surface area contributed by atoms with Crippen LogP contribution >= 0.6 is 0 Å². The van der Waals surface area contributed by atoms with Crippen LogP contribution in [0.5, 0.6) is 5.75 Å². The first-order valence-electron chi connectivity index (χ1n) is 6.12. The van der Waals surface area contributed by atoms with Crippen LogP contribution in [0.15, 0.2) is 42.5 Å². The van der Waals surface area contributed by atoms with Gasteiger partial charge >= 0.3 is 0 Å². The summed E-state index contributed by atoms with van der Waals surface area (Å²) in [5.41, 5.74) is 8.93. The first-order chi connectivity index (χ1) is 9.28. The largest absolute Gasteiger partial charge is 0.492 e. The van der Waals surface area contributed by atoms with Crippen LogP contribution in [0.2, 0.25) is 0 Å². The predicted octanol–water partition coefficient (Wildman–Crippen LogP) is 2.40. The van der Waals surface area contributed by atoms with Gasteiger partial charge in [0.2, 0.25) is 0 Å². The number of anilines is 1. The number of hydrogen-bond acceptors (Lipinski definition) is 4. The number of nitrogens with two attached hydrogens (primary N) is 1. The zero-order chi connectivity index (χ0) is 13.2. The average Bonchev–Trinajstić information content (AvgIpc) is 2.83. The fraction of sp³-hybridized carbons (Fsp3) is 0.143. The number of hydrogen-bond donors (Lipinski definition) is 1. The highest BCUT2D eigenvalue weighted by Crippen LogP contribution is 2.26. The Kier molecular flexibility index (Phi) is 2.79. The number of nitrogen functional groups attached to an aromatic ring is 1. The Morgan fingerprint density at radius 1 is 1.11 bits per heavy atom. The molecular formula is C14H14N4O. The molecular weight excluding hydrogens is 240 g/mol. The van der Waals surface area contributed by atoms with Crippen LogP contribution in [0.25, 0.3) is 16.7 Å². The van der Waals surface area contributed by atoms with Gasteiger partial charge < -0.3 is 10.5 Å². The molecule has 0 aliphatic carbocycles. The SMILES string of the molecule is CCOc1cc2nn(-c3ccccc3)nc2cc1N. The van der Waals surface area contributed by atoms with E-state index in [1.807, 2.05) is 43.3 Å². The predicted molar refractivity (Wildman–Crippen MR) is 74.4 cm³/mol. The smallest absolute Gasteiger partial charge is 0.144 e. The summed E-state index contributed by atoms with van der Waals surface area (Å²) in [5.74, 6) is 0.648. The molecule has 0 spiro atoms. The summed E-state index contributed by atoms with van der Waals surface area (Å²) >= 11 is 0. The molecule has 0 fully saturated rings. The van der Waals surface area contributed by atoms with Crippen molar-refractivity contribution in [2.45, 2.75) is 6.92 Å². The van der Waals surface area contributed by atoms with E-state index in [-0.39, 0.29) is 0 Å². The van der Waals surface area contributed by atoms with Crippen molar-refractivity contribution in [3.05, 3.63) is 42.5 Å². The van der Waals surface area contributed by atoms with Gasteiger partial charge in [-0.3, -0.25) is 0 Å². The summed E-state index contributed by atoms with van der Waals surface area (Å²) in [6.45, 7) is 2.49. The van der Waals surface area contributed by atoms with Crippen LogP contribution in [-0.2, 0) is 0 Å². The second kappa shape index (κ2) is 4.61. The number of nitrogens with zero attached hydrogens (tertiary/aromatic N) is 3. The normalized spacial score (nSPS) is 10.8. The third-order valence-corrected chi connectivity index (χ3v) is 2.80. The third kappa shape index (κ3) is 2.10. The molecule has 0 aliphatic heterocycles. The van der Waals surface area contributed by atoms with E-state index in [0.29, 0.717) is 18.0 Å². The van der Waals surface area contributed by atoms with E-state index in [0.717, 1.165) is 16.7 Å². The Hall–Kier alpha value is -2.56. The van der Waals surface area contributed by atoms with Gasteiger partial charge in [0.05, 0.1) is 18.0 Å². The van der Waals surface area contributed by atoms with Gasteiger partial charge in [-0.15, -0.1) is 10.2 Å². The van der Waals surface area contributed by atoms with Crippen molar-refractivity contribution in [2.75, 3.05) is 12.3 Å². The van der Waals surface area contributed by atoms with Crippen LogP contribution in [0.4, 0.5) is 5.69 Å². The molecule has 19 heavy (non-hydrogen) atoms. The van der Waals surface area contributed by atoms with Gasteiger partial charge in [-0.1, -0.05) is 18.2 Å². The fourth-order valence-electron chi connectivity index (χ4n) is 1.92. The maximum absolute atomic E-state index is 5.92. The number of para-hydroxylation sites is 1. The summed E-state index contributed by atoms with van der Waals surface area (Å²) in [6.07, 6.45) is 0. The van der Waals surface area contributed by atoms with Gasteiger partial charge in [0.25, 0.3) is 0 Å². The lowest BCUT2D eigenvalue weighted by Gasteiger charge is -2.04. The average molecular weight is 254 g/mol. The molecule has 0 amide bonds. The summed E-state index contributed by atoms with van der Waals surface area (Å²) in [7, 11) is 0. The molecule has 0 atom stereocenters. The highest BCUT2D eigenvalue weighted by atomic mass is 16.5. The molecule has 0 saturated heterocycles. The zero-order valence-corrected chi connectivity index (χ0v) is 10.6. The Labute approximate surface area is 110 Å². The number of benzene rings is 2. The van der Waals surface area contributed by atoms with Crippen molar-refractivity contribution in [1.82, 2.24) is 15.0 Å². The van der Waals surface area contributed by atoms with Crippen LogP contribution in [-0.4, -0.2) is 21.6 Å². The molecule has 0 aliphatic rings. The van der Waals surface area contributed by atoms with Crippen molar-refractivity contribution in [1.29, 1.82) is 0 Å². The van der Waals surface area contributed by atoms with Gasteiger partial charge in [-0.2, -0.15) is 4.80 Å². The summed E-state index contributed by atoms with van der Waals surface area (Å²) in [6, 6.07) is 13.4. The van der Waals surface area contributed by atoms with Crippen LogP contribution in [0.1, 0.15) is 6.92 Å². The highest BCUT2D eigenvalue weighted by molar-refractivity contribution is 5.81. The highest BCUT2D eigenvalue weighted by Gasteiger charge is 2.09. The molecule has 2 N–H and O–H groups in total. The lowest BCUT2D eigenvalue weighted by atomic mass is 10.2. The van der Waals surface area contributed by atoms with E-state index in [4.69, 9.17) is 10.5 Å². The minimum atomic E-state index is 0.572. The van der Waals surface area contributed by atoms with Gasteiger partial charge in [0.15, 0.2) is 0 Å². The maximum Gasteiger partial charge on any atom is 0.144 e. The van der Waals surface area contributed by atoms with Crippen LogP contribution in [0.3, 0.4) is 0 Å². The lowest BCUT2D eigenvalue weighted by Crippen LogP contribution is -1.97. The van der Waals surface area contributed by atoms with E-state index in [1.54, 1.807) is 10.9 Å². The summed E-state index contributed by atoms with van der Waals surface area (Å²) in [4.78, 5) is 1.60. The van der Waals surface area contributed by atoms with E-state index in [2.05, 4.69) is 10.2 Å². The fourth-order valence-corrected chi connectivity index (χ4v) is 1.92. The third-order valence-electron chi connectivity index (χ3n) is 2.80.